The van der Waals surface area contributed by atoms with Crippen molar-refractivity contribution >= 4 is 38.7 Å². The van der Waals surface area contributed by atoms with Gasteiger partial charge in [-0.2, -0.15) is 39.3 Å². The van der Waals surface area contributed by atoms with E-state index in [1.165, 1.54) is 21.5 Å². The Bertz CT molecular complexity index is 805. The fraction of sp³-hybridized carbons (Fsp3) is 0.250. The maximum absolute atomic E-state index is 4.71. The van der Waals surface area contributed by atoms with Crippen molar-refractivity contribution in [3.05, 3.63) is 84.9 Å². The first kappa shape index (κ1) is 32.0. The van der Waals surface area contributed by atoms with E-state index >= 15 is 0 Å². The van der Waals surface area contributed by atoms with Gasteiger partial charge in [0.2, 0.25) is 0 Å². The quantitative estimate of drug-likeness (QED) is 0.142. The van der Waals surface area contributed by atoms with Crippen molar-refractivity contribution in [1.29, 1.82) is 0 Å². The Labute approximate surface area is 214 Å². The Morgan fingerprint density at radius 2 is 0.970 bits per heavy atom. The van der Waals surface area contributed by atoms with E-state index in [2.05, 4.69) is 84.9 Å². The summed E-state index contributed by atoms with van der Waals surface area (Å²) in [6.07, 6.45) is 0. The maximum Gasteiger partial charge on any atom is 2.00 e. The topological polar surface area (TPSA) is 55.4 Å². The number of benzene rings is 2. The fourth-order valence-electron chi connectivity index (χ4n) is 2.64. The first-order valence-corrected chi connectivity index (χ1v) is 12.3. The zero-order chi connectivity index (χ0) is 23.6. The molecule has 0 heterocycles. The minimum Gasteiger partial charge on any atom is -0.642 e. The summed E-state index contributed by atoms with van der Waals surface area (Å²) in [6, 6.07) is 29.3. The summed E-state index contributed by atoms with van der Waals surface area (Å²) in [5.74, 6) is 0. The van der Waals surface area contributed by atoms with Gasteiger partial charge >= 0.3 is 38.3 Å². The van der Waals surface area contributed by atoms with Gasteiger partial charge in [-0.25, -0.2) is 0 Å². The van der Waals surface area contributed by atoms with Gasteiger partial charge < -0.3 is 53.2 Å². The third-order valence-electron chi connectivity index (χ3n) is 4.10. The molecule has 0 spiro atoms. The molecule has 0 radical (unpaired) electrons. The maximum atomic E-state index is 4.71. The summed E-state index contributed by atoms with van der Waals surface area (Å²) in [5, 5.41) is 5.32. The van der Waals surface area contributed by atoms with Crippen LogP contribution < -0.4 is 0 Å². The van der Waals surface area contributed by atoms with Crippen LogP contribution in [0.4, 0.5) is 0 Å². The van der Waals surface area contributed by atoms with Crippen molar-refractivity contribution in [2.45, 2.75) is 0 Å². The minimum absolute atomic E-state index is 0. The molecule has 0 saturated heterocycles. The van der Waals surface area contributed by atoms with E-state index in [0.29, 0.717) is 0 Å². The van der Waals surface area contributed by atoms with Gasteiger partial charge in [0.05, 0.1) is 42.7 Å². The predicted octanol–water partition coefficient (Wildman–Crippen LogP) is 6.88. The Morgan fingerprint density at radius 1 is 0.576 bits per heavy atom. The van der Waals surface area contributed by atoms with Gasteiger partial charge in [0.1, 0.15) is 0 Å². The Morgan fingerprint density at radius 3 is 1.36 bits per heavy atom. The first-order chi connectivity index (χ1) is 15.6. The average molecular weight is 576 g/mol. The molecule has 6 nitrogen and oxygen atoms in total. The van der Waals surface area contributed by atoms with Crippen molar-refractivity contribution in [1.82, 2.24) is 0 Å². The van der Waals surface area contributed by atoms with Gasteiger partial charge in [0.15, 0.2) is 0 Å². The molecule has 4 aromatic carbocycles. The van der Waals surface area contributed by atoms with Crippen molar-refractivity contribution in [2.24, 2.45) is 0 Å². The van der Waals surface area contributed by atoms with Crippen LogP contribution in [-0.2, 0) is 48.2 Å². The summed E-state index contributed by atoms with van der Waals surface area (Å²) < 4.78 is 28.2. The molecule has 4 aromatic rings. The molecule has 0 unspecified atom stereocenters. The second-order valence-corrected chi connectivity index (χ2v) is 9.48. The second-order valence-electron chi connectivity index (χ2n) is 6.03. The summed E-state index contributed by atoms with van der Waals surface area (Å²) in [4.78, 5) is 0. The van der Waals surface area contributed by atoms with E-state index in [-0.39, 0.29) is 21.1 Å². The molecule has 33 heavy (non-hydrogen) atoms. The van der Waals surface area contributed by atoms with E-state index in [1.54, 1.807) is 42.7 Å². The number of rotatable bonds is 6. The van der Waals surface area contributed by atoms with E-state index in [0.717, 1.165) is 0 Å². The first-order valence-electron chi connectivity index (χ1n) is 9.82. The monoisotopic (exact) mass is 578 g/mol. The molecule has 4 rings (SSSR count). The molecule has 0 saturated carbocycles. The molecule has 0 fully saturated rings. The van der Waals surface area contributed by atoms with Crippen LogP contribution in [0.5, 0.6) is 0 Å². The summed E-state index contributed by atoms with van der Waals surface area (Å²) in [6.45, 7) is 0. The predicted molar refractivity (Wildman–Crippen MR) is 138 cm³/mol. The third-order valence-corrected chi connectivity index (χ3v) is 6.10. The van der Waals surface area contributed by atoms with E-state index in [1.807, 2.05) is 0 Å². The van der Waals surface area contributed by atoms with Crippen LogP contribution in [0, 0.1) is 0 Å². The smallest absolute Gasteiger partial charge is 0.642 e. The Hall–Kier alpha value is -1.03. The molecule has 0 aliphatic rings. The van der Waals surface area contributed by atoms with Gasteiger partial charge in [-0.3, -0.25) is 0 Å². The number of hydrogen-bond donors (Lipinski definition) is 0. The van der Waals surface area contributed by atoms with Crippen molar-refractivity contribution in [2.75, 3.05) is 42.7 Å². The SMILES string of the molecule is CO[PH+](OC)OC.CO[PH+](OC)OC.[Mo+2].c1cc[c-]2[cH-][cH-][cH-][c-]2c1.c1cc[c-]2cccc2c1. The molecule has 0 amide bonds. The normalized spacial score (nSPS) is 9.94. The zero-order valence-electron chi connectivity index (χ0n) is 19.9. The molecule has 9 heteroatoms. The second kappa shape index (κ2) is 20.4. The third kappa shape index (κ3) is 12.9. The van der Waals surface area contributed by atoms with Crippen LogP contribution in [0.3, 0.4) is 0 Å². The molecular formula is C24H34MoO6P2-2. The fourth-order valence-corrected chi connectivity index (χ4v) is 3.64. The molecular weight excluding hydrogens is 542 g/mol. The molecule has 0 aliphatic carbocycles. The van der Waals surface area contributed by atoms with Crippen LogP contribution in [0.2, 0.25) is 0 Å². The zero-order valence-corrected chi connectivity index (χ0v) is 23.9. The van der Waals surface area contributed by atoms with E-state index in [4.69, 9.17) is 27.1 Å². The Kier molecular flexibility index (Phi) is 19.7. The summed E-state index contributed by atoms with van der Waals surface area (Å²) >= 11 is 0. The Balaban J connectivity index is 0.000000414. The molecule has 0 bridgehead atoms. The van der Waals surface area contributed by atoms with Gasteiger partial charge in [0.25, 0.3) is 0 Å². The largest absolute Gasteiger partial charge is 2.00 e. The van der Waals surface area contributed by atoms with Crippen LogP contribution in [0.1, 0.15) is 0 Å². The van der Waals surface area contributed by atoms with E-state index < -0.39 is 17.2 Å². The van der Waals surface area contributed by atoms with Crippen LogP contribution in [0.15, 0.2) is 84.9 Å². The molecule has 0 atom stereocenters. The van der Waals surface area contributed by atoms with Gasteiger partial charge in [-0.1, -0.05) is 5.39 Å². The summed E-state index contributed by atoms with van der Waals surface area (Å²) in [7, 11) is 6.62. The van der Waals surface area contributed by atoms with E-state index in [9.17, 15) is 0 Å². The summed E-state index contributed by atoms with van der Waals surface area (Å²) in [5.41, 5.74) is 0. The number of fused-ring (bicyclic) bond motifs is 2. The molecule has 184 valence electrons. The van der Waals surface area contributed by atoms with Crippen LogP contribution >= 0.6 is 17.2 Å². The van der Waals surface area contributed by atoms with Gasteiger partial charge in [-0.15, -0.1) is 35.7 Å². The van der Waals surface area contributed by atoms with Gasteiger partial charge in [-0.05, 0) is 0 Å². The van der Waals surface area contributed by atoms with Crippen molar-refractivity contribution in [3.63, 3.8) is 0 Å². The standard InChI is InChI=1S/2C9H7.2C3H10O3P.Mo/c2*1-2-5-9-7-3-6-8(9)4-1;2*1-4-7(5-2)6-3;/h2*1-7H;2*7H,1-3H3;/q-5;-1;2*+1;+2. The average Bonchev–Trinajstić information content (AvgIpc) is 3.52. The molecule has 0 aliphatic heterocycles. The van der Waals surface area contributed by atoms with Gasteiger partial charge in [0, 0.05) is 0 Å². The number of hydrogen-bond acceptors (Lipinski definition) is 6. The van der Waals surface area contributed by atoms with Crippen molar-refractivity contribution < 1.29 is 48.2 Å². The van der Waals surface area contributed by atoms with Crippen LogP contribution in [0.25, 0.3) is 21.5 Å². The van der Waals surface area contributed by atoms with Crippen LogP contribution in [-0.4, -0.2) is 42.7 Å². The molecule has 0 aromatic heterocycles. The van der Waals surface area contributed by atoms with Crippen molar-refractivity contribution in [3.8, 4) is 0 Å². The minimum atomic E-state index is -1.36. The molecule has 0 N–H and O–H groups in total.